The molecule has 0 unspecified atom stereocenters. The fraction of sp³-hybridized carbons (Fsp3) is 0.516. The number of carbonyl (C=O) groups is 1. The van der Waals surface area contributed by atoms with E-state index in [0.29, 0.717) is 37.6 Å². The molecule has 1 aliphatic carbocycles. The average molecular weight is 582 g/mol. The third-order valence-corrected chi connectivity index (χ3v) is 8.11. The predicted molar refractivity (Wildman–Crippen MR) is 165 cm³/mol. The van der Waals surface area contributed by atoms with Gasteiger partial charge < -0.3 is 24.5 Å². The lowest BCUT2D eigenvalue weighted by atomic mass is 9.93. The minimum atomic E-state index is -0.564. The van der Waals surface area contributed by atoms with Crippen molar-refractivity contribution < 1.29 is 19.1 Å². The lowest BCUT2D eigenvalue weighted by Gasteiger charge is -2.30. The maximum atomic E-state index is 13.1. The molecule has 222 valence electrons. The van der Waals surface area contributed by atoms with Crippen LogP contribution >= 0.6 is 13.5 Å². The van der Waals surface area contributed by atoms with Crippen molar-refractivity contribution in [2.24, 2.45) is 0 Å². The number of aliphatic hydroxyl groups excluding tert-OH is 1. The van der Waals surface area contributed by atoms with Crippen molar-refractivity contribution in [3.8, 4) is 5.75 Å². The van der Waals surface area contributed by atoms with E-state index in [0.717, 1.165) is 67.7 Å². The van der Waals surface area contributed by atoms with Gasteiger partial charge in [-0.05, 0) is 81.3 Å². The van der Waals surface area contributed by atoms with Crippen molar-refractivity contribution >= 4 is 30.9 Å². The smallest absolute Gasteiger partial charge is 0.181 e. The van der Waals surface area contributed by atoms with Crippen molar-refractivity contribution in [2.75, 3.05) is 36.9 Å². The molecule has 0 bridgehead atoms. The molecule has 1 aromatic carbocycles. The first-order chi connectivity index (χ1) is 19.4. The molecular weight excluding hydrogens is 538 g/mol. The van der Waals surface area contributed by atoms with Crippen molar-refractivity contribution in [2.45, 2.75) is 77.7 Å². The highest BCUT2D eigenvalue weighted by atomic mass is 32.1. The first-order valence-electron chi connectivity index (χ1n) is 14.4. The van der Waals surface area contributed by atoms with Crippen LogP contribution in [0.5, 0.6) is 5.75 Å². The molecule has 1 fully saturated rings. The number of aliphatic hydroxyl groups is 1. The SMILES string of the molecule is CCN(C)c1cc(C(=O)CC[C@H](O)CN2CCc3cc(OCc4ocnc4C)ccc3C2)cc(NC2CCC2)n1.S. The third-order valence-electron chi connectivity index (χ3n) is 8.11. The number of nitrogens with zero attached hydrogens (tertiary/aromatic N) is 4. The van der Waals surface area contributed by atoms with E-state index in [-0.39, 0.29) is 19.3 Å². The van der Waals surface area contributed by atoms with E-state index >= 15 is 0 Å². The Morgan fingerprint density at radius 3 is 2.80 bits per heavy atom. The molecule has 10 heteroatoms. The van der Waals surface area contributed by atoms with E-state index in [9.17, 15) is 9.90 Å². The minimum Gasteiger partial charge on any atom is -0.486 e. The molecule has 3 heterocycles. The summed E-state index contributed by atoms with van der Waals surface area (Å²) in [5.41, 5.74) is 4.01. The lowest BCUT2D eigenvalue weighted by Crippen LogP contribution is -2.36. The number of aromatic nitrogens is 2. The van der Waals surface area contributed by atoms with Crippen LogP contribution in [0.4, 0.5) is 11.6 Å². The molecule has 41 heavy (non-hydrogen) atoms. The minimum absolute atomic E-state index is 0. The van der Waals surface area contributed by atoms with Crippen LogP contribution in [0, 0.1) is 6.92 Å². The predicted octanol–water partition coefficient (Wildman–Crippen LogP) is 4.87. The van der Waals surface area contributed by atoms with Gasteiger partial charge in [0.25, 0.3) is 0 Å². The summed E-state index contributed by atoms with van der Waals surface area (Å²) in [6.07, 6.45) is 6.02. The van der Waals surface area contributed by atoms with Gasteiger partial charge in [0.1, 0.15) is 24.0 Å². The summed E-state index contributed by atoms with van der Waals surface area (Å²) in [5, 5.41) is 14.3. The Balaban J connectivity index is 0.00000387. The number of nitrogens with one attached hydrogen (secondary N) is 1. The maximum Gasteiger partial charge on any atom is 0.181 e. The summed E-state index contributed by atoms with van der Waals surface area (Å²) in [7, 11) is 1.98. The lowest BCUT2D eigenvalue weighted by molar-refractivity contribution is 0.0836. The van der Waals surface area contributed by atoms with Crippen LogP contribution in [0.3, 0.4) is 0 Å². The normalized spacial score (nSPS) is 15.8. The van der Waals surface area contributed by atoms with Gasteiger partial charge in [0.05, 0.1) is 11.8 Å². The molecule has 0 saturated heterocycles. The van der Waals surface area contributed by atoms with E-state index < -0.39 is 6.10 Å². The summed E-state index contributed by atoms with van der Waals surface area (Å²) >= 11 is 0. The molecule has 1 aliphatic heterocycles. The average Bonchev–Trinajstić information content (AvgIpc) is 3.36. The number of ketones is 1. The Labute approximate surface area is 249 Å². The molecular formula is C31H43N5O4S. The number of carbonyl (C=O) groups excluding carboxylic acids is 1. The molecule has 1 saturated carbocycles. The van der Waals surface area contributed by atoms with Gasteiger partial charge >= 0.3 is 0 Å². The zero-order chi connectivity index (χ0) is 28.1. The number of pyridine rings is 1. The van der Waals surface area contributed by atoms with E-state index in [2.05, 4.69) is 34.3 Å². The topological polar surface area (TPSA) is 104 Å². The van der Waals surface area contributed by atoms with E-state index in [1.807, 2.05) is 37.1 Å². The number of hydrogen-bond donors (Lipinski definition) is 2. The second-order valence-electron chi connectivity index (χ2n) is 11.1. The van der Waals surface area contributed by atoms with Crippen LogP contribution in [0.15, 0.2) is 41.1 Å². The number of rotatable bonds is 13. The molecule has 2 N–H and O–H groups in total. The Bertz CT molecular complexity index is 1310. The van der Waals surface area contributed by atoms with Crippen LogP contribution in [0.2, 0.25) is 0 Å². The second-order valence-corrected chi connectivity index (χ2v) is 11.1. The summed E-state index contributed by atoms with van der Waals surface area (Å²) in [6.45, 7) is 7.31. The number of fused-ring (bicyclic) bond motifs is 1. The van der Waals surface area contributed by atoms with Crippen molar-refractivity contribution in [1.29, 1.82) is 0 Å². The number of Topliss-reactive ketones (excluding diaryl/α,β-unsaturated/α-hetero) is 1. The largest absolute Gasteiger partial charge is 0.486 e. The summed E-state index contributed by atoms with van der Waals surface area (Å²) in [5.74, 6) is 3.15. The summed E-state index contributed by atoms with van der Waals surface area (Å²) in [4.78, 5) is 26.3. The van der Waals surface area contributed by atoms with E-state index in [1.165, 1.54) is 23.9 Å². The zero-order valence-corrected chi connectivity index (χ0v) is 25.4. The molecule has 9 nitrogen and oxygen atoms in total. The highest BCUT2D eigenvalue weighted by Crippen LogP contribution is 2.27. The number of oxazole rings is 1. The van der Waals surface area contributed by atoms with E-state index in [1.54, 1.807) is 0 Å². The maximum absolute atomic E-state index is 13.1. The standard InChI is InChI=1S/C31H41N5O4.H2S/c1-4-35(3)31-16-24(15-30(34-31)33-25-6-5-7-25)28(38)11-9-26(37)18-36-13-12-22-14-27(10-8-23(22)17-36)39-19-29-21(2)32-20-40-29;/h8,10,14-16,20,25-26,37H,4-7,9,11-13,17-19H2,1-3H3,(H,33,34);1H2/t26-;/m0./s1. The third kappa shape index (κ3) is 8.02. The monoisotopic (exact) mass is 581 g/mol. The number of benzene rings is 1. The second kappa shape index (κ2) is 14.2. The van der Waals surface area contributed by atoms with Crippen molar-refractivity contribution in [1.82, 2.24) is 14.9 Å². The van der Waals surface area contributed by atoms with Gasteiger partial charge in [0.15, 0.2) is 17.9 Å². The molecule has 3 aromatic rings. The Hall–Kier alpha value is -3.08. The first-order valence-corrected chi connectivity index (χ1v) is 14.4. The van der Waals surface area contributed by atoms with Gasteiger partial charge in [-0.3, -0.25) is 9.69 Å². The molecule has 0 radical (unpaired) electrons. The number of β-amino-alcohol motifs (C(OH)–C–C–N with tert-alkyl or cyclic N) is 1. The molecule has 5 rings (SSSR count). The zero-order valence-electron chi connectivity index (χ0n) is 24.4. The number of anilines is 2. The quantitative estimate of drug-likeness (QED) is 0.274. The molecule has 0 spiro atoms. The van der Waals surface area contributed by atoms with Gasteiger partial charge in [-0.15, -0.1) is 0 Å². The van der Waals surface area contributed by atoms with Crippen LogP contribution < -0.4 is 15.0 Å². The molecule has 0 amide bonds. The van der Waals surface area contributed by atoms with Crippen molar-refractivity contribution in [3.05, 3.63) is 64.9 Å². The highest BCUT2D eigenvalue weighted by molar-refractivity contribution is 7.59. The van der Waals surface area contributed by atoms with Crippen LogP contribution in [-0.4, -0.2) is 64.6 Å². The van der Waals surface area contributed by atoms with Gasteiger partial charge in [-0.1, -0.05) is 6.07 Å². The Kier molecular flexibility index (Phi) is 10.7. The summed E-state index contributed by atoms with van der Waals surface area (Å²) < 4.78 is 11.3. The Morgan fingerprint density at radius 1 is 1.27 bits per heavy atom. The van der Waals surface area contributed by atoms with Crippen LogP contribution in [-0.2, 0) is 19.6 Å². The van der Waals surface area contributed by atoms with Gasteiger partial charge in [-0.25, -0.2) is 9.97 Å². The molecule has 1 atom stereocenters. The fourth-order valence-electron chi connectivity index (χ4n) is 5.15. The van der Waals surface area contributed by atoms with Crippen LogP contribution in [0.1, 0.15) is 72.0 Å². The summed E-state index contributed by atoms with van der Waals surface area (Å²) in [6, 6.07) is 10.4. The van der Waals surface area contributed by atoms with E-state index in [4.69, 9.17) is 14.1 Å². The van der Waals surface area contributed by atoms with Crippen LogP contribution in [0.25, 0.3) is 0 Å². The molecule has 2 aliphatic rings. The highest BCUT2D eigenvalue weighted by Gasteiger charge is 2.22. The Morgan fingerprint density at radius 2 is 2.10 bits per heavy atom. The van der Waals surface area contributed by atoms with Crippen molar-refractivity contribution in [3.63, 3.8) is 0 Å². The molecule has 2 aromatic heterocycles. The first kappa shape index (κ1) is 30.9. The van der Waals surface area contributed by atoms with Gasteiger partial charge in [-0.2, -0.15) is 13.5 Å². The number of aryl methyl sites for hydroxylation is 1. The number of hydrogen-bond acceptors (Lipinski definition) is 9. The van der Waals surface area contributed by atoms with Gasteiger partial charge in [0.2, 0.25) is 0 Å². The van der Waals surface area contributed by atoms with Gasteiger partial charge in [0, 0.05) is 51.3 Å². The number of ether oxygens (including phenoxy) is 1. The fourth-order valence-corrected chi connectivity index (χ4v) is 5.15.